The number of rotatable bonds is 7. The van der Waals surface area contributed by atoms with Gasteiger partial charge in [-0.25, -0.2) is 15.0 Å². The van der Waals surface area contributed by atoms with E-state index in [1.807, 2.05) is 6.92 Å². The van der Waals surface area contributed by atoms with Crippen molar-refractivity contribution in [2.45, 2.75) is 32.0 Å². The van der Waals surface area contributed by atoms with Gasteiger partial charge in [-0.2, -0.15) is 4.98 Å². The summed E-state index contributed by atoms with van der Waals surface area (Å²) in [5.41, 5.74) is 0.447. The van der Waals surface area contributed by atoms with Gasteiger partial charge in [-0.1, -0.05) is 30.3 Å². The number of nitro groups is 1. The molecule has 0 spiro atoms. The van der Waals surface area contributed by atoms with Crippen LogP contribution in [-0.4, -0.2) is 30.6 Å². The lowest BCUT2D eigenvalue weighted by Crippen LogP contribution is -2.08. The Balaban J connectivity index is 2.24. The molecule has 0 fully saturated rings. The average Bonchev–Trinajstić information content (AvgIpc) is 2.51. The first-order chi connectivity index (χ1) is 11.0. The lowest BCUT2D eigenvalue weighted by molar-refractivity contribution is -0.384. The van der Waals surface area contributed by atoms with Gasteiger partial charge in [-0.15, -0.1) is 0 Å². The maximum absolute atomic E-state index is 11.2. The van der Waals surface area contributed by atoms with Gasteiger partial charge in [0.2, 0.25) is 11.0 Å². The van der Waals surface area contributed by atoms with E-state index in [1.54, 1.807) is 19.3 Å². The highest BCUT2D eigenvalue weighted by Gasteiger charge is 2.23. The first-order valence-electron chi connectivity index (χ1n) is 6.87. The molecule has 0 radical (unpaired) electrons. The second-order valence-electron chi connectivity index (χ2n) is 4.59. The van der Waals surface area contributed by atoms with E-state index >= 15 is 0 Å². The summed E-state index contributed by atoms with van der Waals surface area (Å²) in [5, 5.41) is 14.3. The number of nitrogens with one attached hydrogen (secondary N) is 1. The summed E-state index contributed by atoms with van der Waals surface area (Å²) in [4.78, 5) is 26.9. The van der Waals surface area contributed by atoms with E-state index in [9.17, 15) is 10.1 Å². The van der Waals surface area contributed by atoms with Crippen LogP contribution in [0.2, 0.25) is 5.15 Å². The Morgan fingerprint density at radius 2 is 2.04 bits per heavy atom. The summed E-state index contributed by atoms with van der Waals surface area (Å²) in [6.07, 6.45) is 4.24. The Labute approximate surface area is 142 Å². The van der Waals surface area contributed by atoms with Crippen LogP contribution in [0.3, 0.4) is 0 Å². The van der Waals surface area contributed by atoms with Crippen LogP contribution in [0.1, 0.15) is 24.7 Å². The van der Waals surface area contributed by atoms with Gasteiger partial charge >= 0.3 is 5.69 Å². The summed E-state index contributed by atoms with van der Waals surface area (Å²) >= 11 is 7.34. The number of hydrogen-bond acceptors (Lipinski definition) is 8. The smallest absolute Gasteiger partial charge is 0.348 e. The van der Waals surface area contributed by atoms with Crippen molar-refractivity contribution in [3.63, 3.8) is 0 Å². The van der Waals surface area contributed by atoms with Gasteiger partial charge in [-0.3, -0.25) is 10.1 Å². The lowest BCUT2D eigenvalue weighted by Gasteiger charge is -2.08. The van der Waals surface area contributed by atoms with E-state index in [0.29, 0.717) is 17.5 Å². The first-order valence-corrected chi connectivity index (χ1v) is 8.23. The third-order valence-corrected chi connectivity index (χ3v) is 4.05. The van der Waals surface area contributed by atoms with Gasteiger partial charge in [0.15, 0.2) is 5.16 Å². The van der Waals surface area contributed by atoms with Crippen molar-refractivity contribution in [1.29, 1.82) is 0 Å². The predicted octanol–water partition coefficient (Wildman–Crippen LogP) is 3.25. The minimum absolute atomic E-state index is 0.0918. The van der Waals surface area contributed by atoms with Crippen LogP contribution in [0.25, 0.3) is 0 Å². The number of halogens is 1. The van der Waals surface area contributed by atoms with Gasteiger partial charge < -0.3 is 5.32 Å². The first kappa shape index (κ1) is 17.4. The zero-order chi connectivity index (χ0) is 16.8. The molecule has 0 aromatic carbocycles. The van der Waals surface area contributed by atoms with E-state index in [4.69, 9.17) is 11.6 Å². The molecular formula is C13H15ClN6O2S. The van der Waals surface area contributed by atoms with Crippen molar-refractivity contribution in [2.24, 2.45) is 0 Å². The molecule has 2 aromatic rings. The highest BCUT2D eigenvalue weighted by Crippen LogP contribution is 2.32. The summed E-state index contributed by atoms with van der Waals surface area (Å²) in [6, 6.07) is 0. The molecule has 2 heterocycles. The lowest BCUT2D eigenvalue weighted by atomic mass is 10.3. The van der Waals surface area contributed by atoms with Gasteiger partial charge in [0.05, 0.1) is 4.92 Å². The maximum Gasteiger partial charge on any atom is 0.348 e. The molecule has 0 saturated heterocycles. The Morgan fingerprint density at radius 1 is 1.35 bits per heavy atom. The topological polar surface area (TPSA) is 107 Å². The monoisotopic (exact) mass is 354 g/mol. The van der Waals surface area contributed by atoms with Crippen LogP contribution in [0.5, 0.6) is 0 Å². The molecule has 0 atom stereocenters. The fourth-order valence-electron chi connectivity index (χ4n) is 1.65. The average molecular weight is 355 g/mol. The quantitative estimate of drug-likeness (QED) is 0.265. The molecule has 2 aromatic heterocycles. The van der Waals surface area contributed by atoms with Crippen LogP contribution < -0.4 is 5.32 Å². The summed E-state index contributed by atoms with van der Waals surface area (Å²) in [6.45, 7) is 4.10. The largest absolute Gasteiger partial charge is 0.360 e. The third-order valence-electron chi connectivity index (χ3n) is 2.73. The molecule has 2 rings (SSSR count). The number of hydrogen-bond donors (Lipinski definition) is 1. The van der Waals surface area contributed by atoms with E-state index in [0.717, 1.165) is 17.7 Å². The molecule has 0 aliphatic rings. The Kier molecular flexibility index (Phi) is 6.05. The third kappa shape index (κ3) is 4.73. The van der Waals surface area contributed by atoms with Crippen LogP contribution in [0.15, 0.2) is 17.6 Å². The maximum atomic E-state index is 11.2. The van der Waals surface area contributed by atoms with E-state index in [2.05, 4.69) is 25.3 Å². The summed E-state index contributed by atoms with van der Waals surface area (Å²) in [5.74, 6) is 1.55. The molecule has 0 aliphatic carbocycles. The van der Waals surface area contributed by atoms with E-state index in [1.165, 1.54) is 11.8 Å². The Bertz CT molecular complexity index is 698. The summed E-state index contributed by atoms with van der Waals surface area (Å²) < 4.78 is 0. The second kappa shape index (κ2) is 8.02. The number of anilines is 1. The zero-order valence-corrected chi connectivity index (χ0v) is 14.2. The second-order valence-corrected chi connectivity index (χ2v) is 6.01. The van der Waals surface area contributed by atoms with Gasteiger partial charge in [0.25, 0.3) is 0 Å². The molecular weight excluding hydrogens is 340 g/mol. The molecule has 0 aliphatic heterocycles. The fraction of sp³-hybridized carbons (Fsp3) is 0.385. The molecule has 0 amide bonds. The van der Waals surface area contributed by atoms with Crippen molar-refractivity contribution in [2.75, 3.05) is 11.1 Å². The Hall–Kier alpha value is -2.00. The summed E-state index contributed by atoms with van der Waals surface area (Å²) in [7, 11) is 0. The van der Waals surface area contributed by atoms with Crippen molar-refractivity contribution < 1.29 is 4.92 Å². The van der Waals surface area contributed by atoms with Gasteiger partial charge in [0.1, 0.15) is 5.82 Å². The van der Waals surface area contributed by atoms with Crippen LogP contribution >= 0.6 is 23.4 Å². The number of nitrogens with zero attached hydrogens (tertiary/aromatic N) is 5. The number of aromatic nitrogens is 4. The van der Waals surface area contributed by atoms with Crippen molar-refractivity contribution in [3.8, 4) is 0 Å². The molecule has 0 unspecified atom stereocenters. The van der Waals surface area contributed by atoms with Gasteiger partial charge in [0, 0.05) is 30.3 Å². The highest BCUT2D eigenvalue weighted by molar-refractivity contribution is 7.99. The van der Waals surface area contributed by atoms with Crippen molar-refractivity contribution in [1.82, 2.24) is 19.9 Å². The zero-order valence-electron chi connectivity index (χ0n) is 12.6. The minimum atomic E-state index is -0.593. The SMILES string of the molecule is CCCSc1nc(Cl)c([N+](=O)[O-])c(NCc2cnc(C)nc2)n1. The molecule has 122 valence electrons. The highest BCUT2D eigenvalue weighted by atomic mass is 35.5. The number of thioether (sulfide) groups is 1. The van der Waals surface area contributed by atoms with Crippen molar-refractivity contribution in [3.05, 3.63) is 39.0 Å². The van der Waals surface area contributed by atoms with Crippen LogP contribution in [-0.2, 0) is 6.54 Å². The molecule has 23 heavy (non-hydrogen) atoms. The predicted molar refractivity (Wildman–Crippen MR) is 88.8 cm³/mol. The van der Waals surface area contributed by atoms with Gasteiger partial charge in [-0.05, 0) is 13.3 Å². The van der Waals surface area contributed by atoms with Crippen molar-refractivity contribution >= 4 is 34.9 Å². The minimum Gasteiger partial charge on any atom is -0.360 e. The molecule has 1 N–H and O–H groups in total. The van der Waals surface area contributed by atoms with E-state index < -0.39 is 4.92 Å². The standard InChI is InChI=1S/C13H15ClN6O2S/c1-3-4-23-13-18-11(14)10(20(21)22)12(19-13)17-7-9-5-15-8(2)16-6-9/h5-6H,3-4,7H2,1-2H3,(H,17,18,19). The molecule has 8 nitrogen and oxygen atoms in total. The van der Waals surface area contributed by atoms with Crippen LogP contribution in [0.4, 0.5) is 11.5 Å². The molecule has 10 heteroatoms. The number of aryl methyl sites for hydroxylation is 1. The normalized spacial score (nSPS) is 10.6. The molecule has 0 bridgehead atoms. The fourth-order valence-corrected chi connectivity index (χ4v) is 2.63. The Morgan fingerprint density at radius 3 is 2.65 bits per heavy atom. The van der Waals surface area contributed by atoms with Crippen LogP contribution in [0, 0.1) is 17.0 Å². The molecule has 0 saturated carbocycles. The van der Waals surface area contributed by atoms with E-state index in [-0.39, 0.29) is 16.7 Å².